The summed E-state index contributed by atoms with van der Waals surface area (Å²) >= 11 is 18.3. The van der Waals surface area contributed by atoms with E-state index in [-0.39, 0.29) is 5.28 Å². The number of aliphatic hydroxyl groups excluding tert-OH is 3. The average Bonchev–Trinajstić information content (AvgIpc) is 3.03. The highest BCUT2D eigenvalue weighted by molar-refractivity contribution is 6.42. The molecule has 1 aromatic carbocycles. The Morgan fingerprint density at radius 2 is 1.72 bits per heavy atom. The molecule has 3 N–H and O–H groups in total. The predicted molar refractivity (Wildman–Crippen MR) is 93.1 cm³/mol. The Morgan fingerprint density at radius 3 is 2.40 bits per heavy atom. The third-order valence-electron chi connectivity index (χ3n) is 4.23. The highest BCUT2D eigenvalue weighted by atomic mass is 35.5. The van der Waals surface area contributed by atoms with Gasteiger partial charge in [0.15, 0.2) is 11.9 Å². The first kappa shape index (κ1) is 17.2. The van der Waals surface area contributed by atoms with Gasteiger partial charge in [0.2, 0.25) is 5.28 Å². The van der Waals surface area contributed by atoms with E-state index in [1.807, 2.05) is 0 Å². The molecule has 0 radical (unpaired) electrons. The van der Waals surface area contributed by atoms with Crippen LogP contribution in [0.25, 0.3) is 22.1 Å². The monoisotopic (exact) mass is 403 g/mol. The van der Waals surface area contributed by atoms with Crippen molar-refractivity contribution >= 4 is 56.9 Å². The molecule has 3 heterocycles. The first-order valence-corrected chi connectivity index (χ1v) is 8.50. The number of rotatable bonds is 2. The molecule has 0 amide bonds. The van der Waals surface area contributed by atoms with E-state index < -0.39 is 31.1 Å². The molecule has 0 bridgehead atoms. The number of nitrogens with zero attached hydrogens (tertiary/aromatic N) is 3. The van der Waals surface area contributed by atoms with E-state index in [1.165, 1.54) is 4.57 Å². The van der Waals surface area contributed by atoms with Crippen molar-refractivity contribution in [3.05, 3.63) is 33.5 Å². The fraction of sp³-hybridized carbons (Fsp3) is 0.333. The first-order valence-electron chi connectivity index (χ1n) is 7.36. The third-order valence-corrected chi connectivity index (χ3v) is 5.22. The fourth-order valence-electron chi connectivity index (χ4n) is 2.97. The quantitative estimate of drug-likeness (QED) is 0.605. The highest BCUT2D eigenvalue weighted by Gasteiger charge is 2.44. The number of hydrogen-bond donors (Lipinski definition) is 3. The van der Waals surface area contributed by atoms with E-state index in [4.69, 9.17) is 39.5 Å². The van der Waals surface area contributed by atoms with Gasteiger partial charge in [-0.25, -0.2) is 9.97 Å². The van der Waals surface area contributed by atoms with Gasteiger partial charge in [0, 0.05) is 5.39 Å². The van der Waals surface area contributed by atoms with Crippen LogP contribution in [0.4, 0.5) is 0 Å². The zero-order valence-electron chi connectivity index (χ0n) is 12.5. The molecular weight excluding hydrogens is 393 g/mol. The van der Waals surface area contributed by atoms with E-state index in [2.05, 4.69) is 9.97 Å². The maximum atomic E-state index is 10.2. The van der Waals surface area contributed by atoms with E-state index in [0.29, 0.717) is 26.7 Å². The lowest BCUT2D eigenvalue weighted by atomic mass is 10.1. The minimum Gasteiger partial charge on any atom is -0.394 e. The largest absolute Gasteiger partial charge is 0.394 e. The van der Waals surface area contributed by atoms with Gasteiger partial charge in [0.1, 0.15) is 23.8 Å². The van der Waals surface area contributed by atoms with Gasteiger partial charge in [-0.1, -0.05) is 23.2 Å². The van der Waals surface area contributed by atoms with Crippen molar-refractivity contribution in [1.82, 2.24) is 14.5 Å². The van der Waals surface area contributed by atoms with Crippen molar-refractivity contribution in [2.75, 3.05) is 6.61 Å². The van der Waals surface area contributed by atoms with Crippen LogP contribution in [0.2, 0.25) is 15.3 Å². The second-order valence-electron chi connectivity index (χ2n) is 5.77. The van der Waals surface area contributed by atoms with E-state index >= 15 is 0 Å². The van der Waals surface area contributed by atoms with E-state index in [9.17, 15) is 15.3 Å². The summed E-state index contributed by atoms with van der Waals surface area (Å²) in [6, 6.07) is 5.02. The number of halogens is 3. The van der Waals surface area contributed by atoms with Crippen LogP contribution in [0, 0.1) is 0 Å². The van der Waals surface area contributed by atoms with Crippen LogP contribution in [0.3, 0.4) is 0 Å². The maximum absolute atomic E-state index is 10.2. The third kappa shape index (κ3) is 2.67. The van der Waals surface area contributed by atoms with E-state index in [1.54, 1.807) is 18.2 Å². The van der Waals surface area contributed by atoms with Crippen LogP contribution in [0.1, 0.15) is 6.23 Å². The Kier molecular flexibility index (Phi) is 4.28. The normalized spacial score (nSPS) is 26.8. The summed E-state index contributed by atoms with van der Waals surface area (Å²) in [4.78, 5) is 8.72. The van der Waals surface area contributed by atoms with Crippen molar-refractivity contribution in [3.63, 3.8) is 0 Å². The molecule has 1 saturated heterocycles. The molecule has 0 aliphatic carbocycles. The van der Waals surface area contributed by atoms with Crippen LogP contribution < -0.4 is 0 Å². The molecule has 25 heavy (non-hydrogen) atoms. The zero-order valence-corrected chi connectivity index (χ0v) is 14.7. The van der Waals surface area contributed by atoms with Crippen LogP contribution in [-0.4, -0.2) is 54.8 Å². The Hall–Kier alpha value is -1.19. The molecule has 1 fully saturated rings. The molecule has 1 aliphatic heterocycles. The fourth-order valence-corrected chi connectivity index (χ4v) is 3.56. The second-order valence-corrected chi connectivity index (χ2v) is 6.92. The van der Waals surface area contributed by atoms with Crippen LogP contribution in [0.15, 0.2) is 18.2 Å². The molecule has 2 aromatic heterocycles. The smallest absolute Gasteiger partial charge is 0.207 e. The van der Waals surface area contributed by atoms with Gasteiger partial charge in [0.25, 0.3) is 0 Å². The summed E-state index contributed by atoms with van der Waals surface area (Å²) in [5.41, 5.74) is 1.38. The average molecular weight is 405 g/mol. The van der Waals surface area contributed by atoms with Crippen LogP contribution in [0.5, 0.6) is 0 Å². The Bertz CT molecular complexity index is 980. The number of pyridine rings is 1. The topological polar surface area (TPSA) is 101 Å². The minimum atomic E-state index is -1.29. The van der Waals surface area contributed by atoms with Gasteiger partial charge >= 0.3 is 0 Å². The van der Waals surface area contributed by atoms with Gasteiger partial charge < -0.3 is 20.1 Å². The number of fused-ring (bicyclic) bond motifs is 2. The van der Waals surface area contributed by atoms with Crippen molar-refractivity contribution in [1.29, 1.82) is 0 Å². The minimum absolute atomic E-state index is 0.0323. The van der Waals surface area contributed by atoms with Gasteiger partial charge in [-0.05, 0) is 29.8 Å². The lowest BCUT2D eigenvalue weighted by Crippen LogP contribution is -2.33. The van der Waals surface area contributed by atoms with E-state index in [0.717, 1.165) is 5.39 Å². The Balaban J connectivity index is 1.91. The van der Waals surface area contributed by atoms with Crippen molar-refractivity contribution in [2.24, 2.45) is 0 Å². The molecule has 10 heteroatoms. The maximum Gasteiger partial charge on any atom is 0.207 e. The lowest BCUT2D eigenvalue weighted by molar-refractivity contribution is -0.0509. The van der Waals surface area contributed by atoms with Crippen molar-refractivity contribution in [3.8, 4) is 0 Å². The molecule has 0 spiro atoms. The first-order chi connectivity index (χ1) is 11.9. The number of hydrogen-bond acceptors (Lipinski definition) is 6. The molecule has 0 saturated carbocycles. The number of imidazole rings is 1. The Morgan fingerprint density at radius 1 is 1.00 bits per heavy atom. The molecule has 1 aliphatic rings. The van der Waals surface area contributed by atoms with Gasteiger partial charge in [-0.3, -0.25) is 4.57 Å². The molecule has 4 atom stereocenters. The molecule has 7 nitrogen and oxygen atoms in total. The van der Waals surface area contributed by atoms with Crippen LogP contribution >= 0.6 is 34.8 Å². The Labute approximate surface area is 156 Å². The molecular formula is C15H12Cl3N3O4. The van der Waals surface area contributed by atoms with Crippen LogP contribution in [-0.2, 0) is 4.74 Å². The SMILES string of the molecule is OC[C@H]1O[C@@H](n2c(Cl)nc3cc4cc(Cl)c(Cl)cc4nc32)[C@H](O)[C@@H]1O. The second kappa shape index (κ2) is 6.21. The molecule has 3 aromatic rings. The summed E-state index contributed by atoms with van der Waals surface area (Å²) in [7, 11) is 0. The number of aliphatic hydroxyl groups is 3. The lowest BCUT2D eigenvalue weighted by Gasteiger charge is -2.17. The number of benzene rings is 1. The summed E-state index contributed by atoms with van der Waals surface area (Å²) in [5.74, 6) is 0. The van der Waals surface area contributed by atoms with Gasteiger partial charge in [-0.15, -0.1) is 0 Å². The molecule has 4 rings (SSSR count). The van der Waals surface area contributed by atoms with Gasteiger partial charge in [-0.2, -0.15) is 0 Å². The molecule has 0 unspecified atom stereocenters. The van der Waals surface area contributed by atoms with Gasteiger partial charge in [0.05, 0.1) is 22.2 Å². The predicted octanol–water partition coefficient (Wildman–Crippen LogP) is 2.16. The standard InChI is InChI=1S/C15H12Cl3N3O4/c16-6-1-5-2-9-13(19-8(5)3-7(6)17)21(15(18)20-9)14-12(24)11(23)10(4-22)25-14/h1-3,10-12,14,22-24H,4H2/t10-,11-,12-,14-/m1/s1. The summed E-state index contributed by atoms with van der Waals surface area (Å²) in [5, 5.41) is 31.0. The van der Waals surface area contributed by atoms with Crippen molar-refractivity contribution < 1.29 is 20.1 Å². The molecule has 132 valence electrons. The number of aromatic nitrogens is 3. The van der Waals surface area contributed by atoms with Crippen molar-refractivity contribution in [2.45, 2.75) is 24.5 Å². The number of ether oxygens (including phenoxy) is 1. The summed E-state index contributed by atoms with van der Waals surface area (Å²) < 4.78 is 6.90. The summed E-state index contributed by atoms with van der Waals surface area (Å²) in [6.45, 7) is -0.441. The highest BCUT2D eigenvalue weighted by Crippen LogP contribution is 2.36. The zero-order chi connectivity index (χ0) is 17.9. The summed E-state index contributed by atoms with van der Waals surface area (Å²) in [6.07, 6.45) is -4.50.